The fourth-order valence-corrected chi connectivity index (χ4v) is 2.17. The van der Waals surface area contributed by atoms with Gasteiger partial charge in [0.25, 0.3) is 0 Å². The molecule has 12 heavy (non-hydrogen) atoms. The van der Waals surface area contributed by atoms with Crippen molar-refractivity contribution in [1.29, 1.82) is 0 Å². The molecule has 0 aromatic carbocycles. The van der Waals surface area contributed by atoms with Gasteiger partial charge in [-0.15, -0.1) is 0 Å². The van der Waals surface area contributed by atoms with E-state index in [1.807, 2.05) is 0 Å². The lowest BCUT2D eigenvalue weighted by Crippen LogP contribution is -1.92. The molecule has 0 fully saturated rings. The van der Waals surface area contributed by atoms with Gasteiger partial charge in [0.05, 0.1) is 0 Å². The first-order valence-corrected chi connectivity index (χ1v) is 5.09. The van der Waals surface area contributed by atoms with E-state index in [0.29, 0.717) is 5.92 Å². The number of rotatable bonds is 3. The summed E-state index contributed by atoms with van der Waals surface area (Å²) in [5, 5.41) is 0. The second-order valence-electron chi connectivity index (χ2n) is 3.41. The molecule has 0 aromatic rings. The van der Waals surface area contributed by atoms with Crippen LogP contribution in [0.4, 0.5) is 0 Å². The molecule has 1 atom stereocenters. The highest BCUT2D eigenvalue weighted by Gasteiger charge is 2.19. The third kappa shape index (κ3) is 1.48. The number of hydrogen-bond donors (Lipinski definition) is 0. The minimum atomic E-state index is 0.583. The Morgan fingerprint density at radius 3 is 2.17 bits per heavy atom. The lowest BCUT2D eigenvalue weighted by Gasteiger charge is -2.08. The van der Waals surface area contributed by atoms with Gasteiger partial charge in [0.1, 0.15) is 0 Å². The minimum absolute atomic E-state index is 0.583. The van der Waals surface area contributed by atoms with E-state index in [2.05, 4.69) is 33.8 Å². The lowest BCUT2D eigenvalue weighted by atomic mass is 9.97. The van der Waals surface area contributed by atoms with Crippen LogP contribution >= 0.6 is 0 Å². The second kappa shape index (κ2) is 3.93. The Labute approximate surface area is 76.4 Å². The van der Waals surface area contributed by atoms with Gasteiger partial charge in [0.2, 0.25) is 0 Å². The van der Waals surface area contributed by atoms with E-state index in [1.54, 1.807) is 11.1 Å². The van der Waals surface area contributed by atoms with Gasteiger partial charge < -0.3 is 0 Å². The summed E-state index contributed by atoms with van der Waals surface area (Å²) in [6, 6.07) is 0. The summed E-state index contributed by atoms with van der Waals surface area (Å²) < 4.78 is 0. The molecule has 0 N–H and O–H groups in total. The predicted octanol–water partition coefficient (Wildman–Crippen LogP) is 3.89. The van der Waals surface area contributed by atoms with Gasteiger partial charge in [-0.05, 0) is 36.5 Å². The zero-order valence-electron chi connectivity index (χ0n) is 8.70. The molecule has 67 valence electrons. The Morgan fingerprint density at radius 2 is 1.75 bits per heavy atom. The fraction of sp³-hybridized carbons (Fsp3) is 0.667. The van der Waals surface area contributed by atoms with Crippen LogP contribution in [0.5, 0.6) is 0 Å². The first kappa shape index (κ1) is 9.57. The molecule has 0 aliphatic heterocycles. The molecular weight excluding hydrogens is 144 g/mol. The smallest absolute Gasteiger partial charge is 0.00315 e. The van der Waals surface area contributed by atoms with Crippen LogP contribution in [0.3, 0.4) is 0 Å². The lowest BCUT2D eigenvalue weighted by molar-refractivity contribution is 0.795. The Hall–Kier alpha value is -0.520. The third-order valence-electron chi connectivity index (χ3n) is 2.75. The van der Waals surface area contributed by atoms with Crippen molar-refractivity contribution in [2.75, 3.05) is 0 Å². The fourth-order valence-electron chi connectivity index (χ4n) is 2.17. The van der Waals surface area contributed by atoms with E-state index >= 15 is 0 Å². The van der Waals surface area contributed by atoms with Crippen molar-refractivity contribution in [3.8, 4) is 0 Å². The zero-order chi connectivity index (χ0) is 9.14. The average molecular weight is 163 g/mol. The maximum absolute atomic E-state index is 3.55. The summed E-state index contributed by atoms with van der Waals surface area (Å²) in [5.41, 5.74) is 4.68. The molecule has 1 radical (unpaired) electrons. The molecule has 0 spiro atoms. The van der Waals surface area contributed by atoms with Crippen molar-refractivity contribution < 1.29 is 0 Å². The van der Waals surface area contributed by atoms with Gasteiger partial charge in [0, 0.05) is 5.92 Å². The molecule has 0 saturated heterocycles. The van der Waals surface area contributed by atoms with Crippen LogP contribution in [0.15, 0.2) is 16.7 Å². The summed E-state index contributed by atoms with van der Waals surface area (Å²) in [7, 11) is 0. The molecule has 0 nitrogen and oxygen atoms in total. The molecule has 1 rings (SSSR count). The highest BCUT2D eigenvalue weighted by atomic mass is 14.2. The van der Waals surface area contributed by atoms with Crippen LogP contribution < -0.4 is 0 Å². The minimum Gasteiger partial charge on any atom is -0.0616 e. The van der Waals surface area contributed by atoms with Crippen LogP contribution in [0.2, 0.25) is 0 Å². The van der Waals surface area contributed by atoms with Crippen LogP contribution in [0.1, 0.15) is 47.0 Å². The van der Waals surface area contributed by atoms with Crippen molar-refractivity contribution in [3.63, 3.8) is 0 Å². The molecule has 1 aliphatic rings. The summed E-state index contributed by atoms with van der Waals surface area (Å²) in [6.07, 6.45) is 7.08. The van der Waals surface area contributed by atoms with E-state index in [-0.39, 0.29) is 0 Å². The van der Waals surface area contributed by atoms with Crippen LogP contribution in [-0.4, -0.2) is 0 Å². The highest BCUT2D eigenvalue weighted by molar-refractivity contribution is 5.41. The van der Waals surface area contributed by atoms with E-state index < -0.39 is 0 Å². The summed E-state index contributed by atoms with van der Waals surface area (Å²) in [5.74, 6) is 0.583. The van der Waals surface area contributed by atoms with E-state index in [4.69, 9.17) is 0 Å². The molecule has 0 heterocycles. The number of hydrogen-bond acceptors (Lipinski definition) is 0. The molecule has 0 heteroatoms. The Bertz CT molecular complexity index is 218. The maximum Gasteiger partial charge on any atom is 0.00315 e. The molecule has 0 saturated carbocycles. The van der Waals surface area contributed by atoms with Gasteiger partial charge in [-0.3, -0.25) is 0 Å². The van der Waals surface area contributed by atoms with Gasteiger partial charge in [-0.25, -0.2) is 0 Å². The SMILES string of the molecule is CCC1=[C]C(C)C(CC)=C1CC. The molecular formula is C12H19. The van der Waals surface area contributed by atoms with Crippen molar-refractivity contribution in [2.45, 2.75) is 47.0 Å². The number of allylic oxidation sites excluding steroid dienone is 4. The van der Waals surface area contributed by atoms with Crippen molar-refractivity contribution >= 4 is 0 Å². The van der Waals surface area contributed by atoms with Crippen LogP contribution in [-0.2, 0) is 0 Å². The molecule has 1 aliphatic carbocycles. The topological polar surface area (TPSA) is 0 Å². The molecule has 0 aromatic heterocycles. The van der Waals surface area contributed by atoms with Crippen molar-refractivity contribution in [1.82, 2.24) is 0 Å². The highest BCUT2D eigenvalue weighted by Crippen LogP contribution is 2.35. The first-order valence-electron chi connectivity index (χ1n) is 5.09. The Balaban J connectivity index is 2.94. The summed E-state index contributed by atoms with van der Waals surface area (Å²) in [6.45, 7) is 8.99. The zero-order valence-corrected chi connectivity index (χ0v) is 8.70. The maximum atomic E-state index is 3.55. The Morgan fingerprint density at radius 1 is 1.08 bits per heavy atom. The monoisotopic (exact) mass is 163 g/mol. The van der Waals surface area contributed by atoms with E-state index in [9.17, 15) is 0 Å². The van der Waals surface area contributed by atoms with Gasteiger partial charge in [-0.1, -0.05) is 33.3 Å². The van der Waals surface area contributed by atoms with Crippen molar-refractivity contribution in [3.05, 3.63) is 22.8 Å². The average Bonchev–Trinajstić information content (AvgIpc) is 2.40. The first-order chi connectivity index (χ1) is 5.74. The van der Waals surface area contributed by atoms with Gasteiger partial charge in [0.15, 0.2) is 0 Å². The van der Waals surface area contributed by atoms with Crippen LogP contribution in [0.25, 0.3) is 0 Å². The van der Waals surface area contributed by atoms with Gasteiger partial charge >= 0.3 is 0 Å². The quantitative estimate of drug-likeness (QED) is 0.592. The normalized spacial score (nSPS) is 23.3. The van der Waals surface area contributed by atoms with E-state index in [1.165, 1.54) is 18.4 Å². The molecule has 0 amide bonds. The summed E-state index contributed by atoms with van der Waals surface area (Å²) >= 11 is 0. The third-order valence-corrected chi connectivity index (χ3v) is 2.75. The van der Waals surface area contributed by atoms with Gasteiger partial charge in [-0.2, -0.15) is 0 Å². The van der Waals surface area contributed by atoms with Crippen LogP contribution in [0, 0.1) is 12.0 Å². The molecule has 0 bridgehead atoms. The Kier molecular flexibility index (Phi) is 3.13. The van der Waals surface area contributed by atoms with Crippen molar-refractivity contribution in [2.24, 2.45) is 5.92 Å². The largest absolute Gasteiger partial charge is 0.0616 e. The summed E-state index contributed by atoms with van der Waals surface area (Å²) in [4.78, 5) is 0. The standard InChI is InChI=1S/C12H19/c1-5-10-8-9(4)11(6-2)12(10)7-3/h9H,5-7H2,1-4H3. The predicted molar refractivity (Wildman–Crippen MR) is 53.8 cm³/mol. The molecule has 1 unspecified atom stereocenters. The van der Waals surface area contributed by atoms with E-state index in [0.717, 1.165) is 6.42 Å². The second-order valence-corrected chi connectivity index (χ2v) is 3.41.